The van der Waals surface area contributed by atoms with E-state index < -0.39 is 11.6 Å². The number of anilines is 3. The highest BCUT2D eigenvalue weighted by Crippen LogP contribution is 2.22. The lowest BCUT2D eigenvalue weighted by Gasteiger charge is -2.10. The van der Waals surface area contributed by atoms with E-state index in [0.29, 0.717) is 23.0 Å². The number of rotatable bonds is 4. The molecule has 1 aromatic carbocycles. The predicted octanol–water partition coefficient (Wildman–Crippen LogP) is 3.18. The van der Waals surface area contributed by atoms with Crippen LogP contribution in [0.1, 0.15) is 6.92 Å². The number of hydrogen-bond acceptors (Lipinski definition) is 4. The zero-order chi connectivity index (χ0) is 14.8. The normalized spacial score (nSPS) is 10.8. The number of benzene rings is 1. The third kappa shape index (κ3) is 2.62. The first kappa shape index (κ1) is 13.3. The van der Waals surface area contributed by atoms with Crippen molar-refractivity contribution in [3.8, 4) is 0 Å². The van der Waals surface area contributed by atoms with Crippen molar-refractivity contribution in [3.05, 3.63) is 48.4 Å². The second-order valence-electron chi connectivity index (χ2n) is 4.42. The fourth-order valence-corrected chi connectivity index (χ4v) is 1.99. The Morgan fingerprint density at radius 2 is 2.10 bits per heavy atom. The van der Waals surface area contributed by atoms with Crippen LogP contribution in [0.5, 0.6) is 0 Å². The quantitative estimate of drug-likeness (QED) is 0.774. The molecule has 7 heteroatoms. The average molecular weight is 289 g/mol. The van der Waals surface area contributed by atoms with E-state index >= 15 is 0 Å². The molecule has 0 bridgehead atoms. The van der Waals surface area contributed by atoms with Crippen LogP contribution in [-0.2, 0) is 0 Å². The van der Waals surface area contributed by atoms with E-state index in [0.717, 1.165) is 18.7 Å². The van der Waals surface area contributed by atoms with Gasteiger partial charge in [0.25, 0.3) is 0 Å². The first-order valence-corrected chi connectivity index (χ1v) is 6.47. The maximum absolute atomic E-state index is 13.3. The zero-order valence-corrected chi connectivity index (χ0v) is 11.3. The summed E-state index contributed by atoms with van der Waals surface area (Å²) in [5.41, 5.74) is 1.00. The lowest BCUT2D eigenvalue weighted by molar-refractivity contribution is 0.509. The molecule has 5 nitrogen and oxygen atoms in total. The molecule has 0 saturated heterocycles. The van der Waals surface area contributed by atoms with Gasteiger partial charge in [-0.2, -0.15) is 0 Å². The first-order valence-electron chi connectivity index (χ1n) is 6.47. The molecule has 108 valence electrons. The molecule has 0 aliphatic carbocycles. The average Bonchev–Trinajstić information content (AvgIpc) is 2.92. The number of fused-ring (bicyclic) bond motifs is 1. The SMILES string of the molecule is CCNc1cn2ccnc2c(Nc2ccc(F)c(F)c2)n1. The lowest BCUT2D eigenvalue weighted by Crippen LogP contribution is -2.05. The minimum absolute atomic E-state index is 0.403. The van der Waals surface area contributed by atoms with Crippen LogP contribution in [0.3, 0.4) is 0 Å². The topological polar surface area (TPSA) is 54.2 Å². The second-order valence-corrected chi connectivity index (χ2v) is 4.42. The van der Waals surface area contributed by atoms with E-state index in [9.17, 15) is 8.78 Å². The standard InChI is InChI=1S/C14H13F2N5/c1-2-17-12-8-21-6-5-18-14(21)13(20-12)19-9-3-4-10(15)11(16)7-9/h3-8,17H,2H2,1H3,(H,19,20). The Bertz CT molecular complexity index is 784. The van der Waals surface area contributed by atoms with Crippen LogP contribution < -0.4 is 10.6 Å². The molecular weight excluding hydrogens is 276 g/mol. The Labute approximate surface area is 119 Å². The Hall–Kier alpha value is -2.70. The van der Waals surface area contributed by atoms with Crippen LogP contribution in [0.25, 0.3) is 5.65 Å². The van der Waals surface area contributed by atoms with E-state index in [1.807, 2.05) is 13.1 Å². The molecule has 0 amide bonds. The smallest absolute Gasteiger partial charge is 0.180 e. The van der Waals surface area contributed by atoms with Crippen molar-refractivity contribution in [1.29, 1.82) is 0 Å². The van der Waals surface area contributed by atoms with Crippen LogP contribution in [0, 0.1) is 11.6 Å². The molecule has 3 rings (SSSR count). The van der Waals surface area contributed by atoms with Crippen molar-refractivity contribution in [2.24, 2.45) is 0 Å². The van der Waals surface area contributed by atoms with Crippen LogP contribution in [0.2, 0.25) is 0 Å². The van der Waals surface area contributed by atoms with E-state index in [-0.39, 0.29) is 0 Å². The highest BCUT2D eigenvalue weighted by atomic mass is 19.2. The van der Waals surface area contributed by atoms with Gasteiger partial charge in [0.2, 0.25) is 0 Å². The predicted molar refractivity (Wildman–Crippen MR) is 76.8 cm³/mol. The number of halogens is 2. The second kappa shape index (κ2) is 5.35. The molecule has 2 aromatic heterocycles. The molecule has 0 aliphatic heterocycles. The molecule has 21 heavy (non-hydrogen) atoms. The van der Waals surface area contributed by atoms with Crippen LogP contribution in [-0.4, -0.2) is 20.9 Å². The highest BCUT2D eigenvalue weighted by molar-refractivity contribution is 5.71. The third-order valence-corrected chi connectivity index (χ3v) is 2.91. The maximum atomic E-state index is 13.3. The van der Waals surface area contributed by atoms with E-state index in [4.69, 9.17) is 0 Å². The first-order chi connectivity index (χ1) is 10.2. The molecular formula is C14H13F2N5. The van der Waals surface area contributed by atoms with Crippen molar-refractivity contribution < 1.29 is 8.78 Å². The molecule has 0 spiro atoms. The Kier molecular flexibility index (Phi) is 3.39. The van der Waals surface area contributed by atoms with Gasteiger partial charge in [-0.3, -0.25) is 0 Å². The fraction of sp³-hybridized carbons (Fsp3) is 0.143. The van der Waals surface area contributed by atoms with Gasteiger partial charge in [0.15, 0.2) is 23.1 Å². The van der Waals surface area contributed by atoms with Crippen molar-refractivity contribution in [3.63, 3.8) is 0 Å². The fourth-order valence-electron chi connectivity index (χ4n) is 1.99. The highest BCUT2D eigenvalue weighted by Gasteiger charge is 2.09. The number of aromatic nitrogens is 3. The van der Waals surface area contributed by atoms with E-state index in [2.05, 4.69) is 20.6 Å². The van der Waals surface area contributed by atoms with E-state index in [1.54, 1.807) is 16.8 Å². The Balaban J connectivity index is 2.01. The summed E-state index contributed by atoms with van der Waals surface area (Å²) >= 11 is 0. The zero-order valence-electron chi connectivity index (χ0n) is 11.3. The largest absolute Gasteiger partial charge is 0.369 e. The monoisotopic (exact) mass is 289 g/mol. The summed E-state index contributed by atoms with van der Waals surface area (Å²) < 4.78 is 28.0. The van der Waals surface area contributed by atoms with Crippen LogP contribution in [0.4, 0.5) is 26.1 Å². The maximum Gasteiger partial charge on any atom is 0.180 e. The molecule has 0 atom stereocenters. The third-order valence-electron chi connectivity index (χ3n) is 2.91. The summed E-state index contributed by atoms with van der Waals surface area (Å²) in [7, 11) is 0. The summed E-state index contributed by atoms with van der Waals surface area (Å²) in [5.74, 6) is -0.680. The summed E-state index contributed by atoms with van der Waals surface area (Å²) in [6, 6.07) is 3.59. The molecule has 0 fully saturated rings. The van der Waals surface area contributed by atoms with Gasteiger partial charge in [-0.15, -0.1) is 0 Å². The van der Waals surface area contributed by atoms with Crippen molar-refractivity contribution in [2.45, 2.75) is 6.92 Å². The van der Waals surface area contributed by atoms with Crippen LogP contribution >= 0.6 is 0 Å². The summed E-state index contributed by atoms with van der Waals surface area (Å²) in [4.78, 5) is 8.59. The summed E-state index contributed by atoms with van der Waals surface area (Å²) in [6.45, 7) is 2.68. The minimum Gasteiger partial charge on any atom is -0.369 e. The van der Waals surface area contributed by atoms with Crippen LogP contribution in [0.15, 0.2) is 36.8 Å². The summed E-state index contributed by atoms with van der Waals surface area (Å²) in [5, 5.41) is 6.06. The van der Waals surface area contributed by atoms with Gasteiger partial charge in [0.1, 0.15) is 5.82 Å². The van der Waals surface area contributed by atoms with Gasteiger partial charge in [-0.25, -0.2) is 18.7 Å². The van der Waals surface area contributed by atoms with Gasteiger partial charge < -0.3 is 15.0 Å². The number of hydrogen-bond donors (Lipinski definition) is 2. The summed E-state index contributed by atoms with van der Waals surface area (Å²) in [6.07, 6.45) is 5.24. The van der Waals surface area contributed by atoms with Gasteiger partial charge in [-0.05, 0) is 19.1 Å². The Morgan fingerprint density at radius 3 is 2.86 bits per heavy atom. The van der Waals surface area contributed by atoms with E-state index in [1.165, 1.54) is 6.07 Å². The molecule has 0 aliphatic rings. The van der Waals surface area contributed by atoms with Crippen molar-refractivity contribution in [1.82, 2.24) is 14.4 Å². The Morgan fingerprint density at radius 1 is 1.24 bits per heavy atom. The molecule has 0 saturated carbocycles. The molecule has 2 heterocycles. The van der Waals surface area contributed by atoms with Gasteiger partial charge in [-0.1, -0.05) is 0 Å². The lowest BCUT2D eigenvalue weighted by atomic mass is 10.3. The minimum atomic E-state index is -0.915. The van der Waals surface area contributed by atoms with Gasteiger partial charge >= 0.3 is 0 Å². The van der Waals surface area contributed by atoms with Gasteiger partial charge in [0.05, 0.1) is 6.20 Å². The molecule has 0 radical (unpaired) electrons. The number of nitrogens with one attached hydrogen (secondary N) is 2. The molecule has 3 aromatic rings. The number of nitrogens with zero attached hydrogens (tertiary/aromatic N) is 3. The molecule has 0 unspecified atom stereocenters. The van der Waals surface area contributed by atoms with Gasteiger partial charge in [0, 0.05) is 30.7 Å². The molecule has 2 N–H and O–H groups in total. The number of imidazole rings is 1. The van der Waals surface area contributed by atoms with Crippen molar-refractivity contribution in [2.75, 3.05) is 17.2 Å². The van der Waals surface area contributed by atoms with Crippen molar-refractivity contribution >= 4 is 23.0 Å².